The summed E-state index contributed by atoms with van der Waals surface area (Å²) >= 11 is 0. The molecule has 1 fully saturated rings. The number of rotatable bonds is 6. The molecule has 0 aliphatic carbocycles. The van der Waals surface area contributed by atoms with Crippen LogP contribution in [-0.4, -0.2) is 57.5 Å². The second-order valence-corrected chi connectivity index (χ2v) is 4.39. The lowest BCUT2D eigenvalue weighted by molar-refractivity contribution is -0.132. The summed E-state index contributed by atoms with van der Waals surface area (Å²) < 4.78 is 10.4. The summed E-state index contributed by atoms with van der Waals surface area (Å²) in [6.07, 6.45) is 1.83. The molecule has 1 rings (SSSR count). The van der Waals surface area contributed by atoms with E-state index in [0.717, 1.165) is 32.5 Å². The third-order valence-corrected chi connectivity index (χ3v) is 3.16. The number of piperidine rings is 1. The molecule has 17 heavy (non-hydrogen) atoms. The van der Waals surface area contributed by atoms with E-state index in [0.29, 0.717) is 6.54 Å². The molecule has 0 aromatic rings. The summed E-state index contributed by atoms with van der Waals surface area (Å²) in [6.45, 7) is 5.19. The Morgan fingerprint density at radius 1 is 1.47 bits per heavy atom. The largest absolute Gasteiger partial charge is 0.356 e. The van der Waals surface area contributed by atoms with Gasteiger partial charge in [-0.2, -0.15) is 0 Å². The highest BCUT2D eigenvalue weighted by atomic mass is 16.7. The number of carbonyl (C=O) groups excluding carboxylic acids is 1. The normalized spacial score (nSPS) is 21.8. The van der Waals surface area contributed by atoms with Crippen LogP contribution in [0, 0.1) is 5.92 Å². The molecule has 5 nitrogen and oxygen atoms in total. The van der Waals surface area contributed by atoms with Crippen LogP contribution in [0.1, 0.15) is 19.8 Å². The van der Waals surface area contributed by atoms with Crippen molar-refractivity contribution in [3.63, 3.8) is 0 Å². The Balaban J connectivity index is 2.40. The average molecular weight is 244 g/mol. The lowest BCUT2D eigenvalue weighted by Crippen LogP contribution is -2.45. The number of hydrogen-bond acceptors (Lipinski definition) is 4. The molecule has 1 unspecified atom stereocenters. The molecule has 1 amide bonds. The van der Waals surface area contributed by atoms with Crippen LogP contribution in [0.2, 0.25) is 0 Å². The lowest BCUT2D eigenvalue weighted by atomic mass is 9.97. The molecule has 1 aliphatic heterocycles. The fourth-order valence-corrected chi connectivity index (χ4v) is 2.21. The molecule has 0 spiro atoms. The standard InChI is InChI=1S/C12H24N2O3/c1-4-13-12(15)10-6-5-7-14(8-10)9-11(16-2)17-3/h10-11H,4-9H2,1-3H3,(H,13,15). The van der Waals surface area contributed by atoms with Crippen LogP contribution in [-0.2, 0) is 14.3 Å². The molecule has 1 saturated heterocycles. The quantitative estimate of drug-likeness (QED) is 0.689. The topological polar surface area (TPSA) is 50.8 Å². The summed E-state index contributed by atoms with van der Waals surface area (Å²) in [5.41, 5.74) is 0. The van der Waals surface area contributed by atoms with Crippen LogP contribution in [0.25, 0.3) is 0 Å². The molecule has 0 radical (unpaired) electrons. The highest BCUT2D eigenvalue weighted by molar-refractivity contribution is 5.78. The first-order valence-corrected chi connectivity index (χ1v) is 6.26. The van der Waals surface area contributed by atoms with Crippen molar-refractivity contribution in [2.45, 2.75) is 26.1 Å². The van der Waals surface area contributed by atoms with Crippen molar-refractivity contribution in [2.24, 2.45) is 5.92 Å². The Bertz CT molecular complexity index is 232. The zero-order chi connectivity index (χ0) is 12.7. The van der Waals surface area contributed by atoms with Crippen molar-refractivity contribution in [2.75, 3.05) is 40.4 Å². The van der Waals surface area contributed by atoms with Gasteiger partial charge in [0, 0.05) is 33.9 Å². The van der Waals surface area contributed by atoms with Crippen molar-refractivity contribution >= 4 is 5.91 Å². The Labute approximate surface area is 103 Å². The van der Waals surface area contributed by atoms with Crippen LogP contribution in [0.3, 0.4) is 0 Å². The van der Waals surface area contributed by atoms with Gasteiger partial charge in [-0.3, -0.25) is 9.69 Å². The molecule has 0 aromatic carbocycles. The lowest BCUT2D eigenvalue weighted by Gasteiger charge is -2.33. The Morgan fingerprint density at radius 3 is 2.76 bits per heavy atom. The van der Waals surface area contributed by atoms with Gasteiger partial charge in [0.1, 0.15) is 0 Å². The third kappa shape index (κ3) is 4.61. The minimum atomic E-state index is -0.206. The molecule has 1 aliphatic rings. The van der Waals surface area contributed by atoms with E-state index in [1.165, 1.54) is 0 Å². The summed E-state index contributed by atoms with van der Waals surface area (Å²) in [6, 6.07) is 0. The monoisotopic (exact) mass is 244 g/mol. The molecule has 100 valence electrons. The predicted molar refractivity (Wildman–Crippen MR) is 65.7 cm³/mol. The highest BCUT2D eigenvalue weighted by Crippen LogP contribution is 2.17. The van der Waals surface area contributed by atoms with Gasteiger partial charge in [0.25, 0.3) is 0 Å². The van der Waals surface area contributed by atoms with Gasteiger partial charge >= 0.3 is 0 Å². The molecule has 0 saturated carbocycles. The third-order valence-electron chi connectivity index (χ3n) is 3.16. The summed E-state index contributed by atoms with van der Waals surface area (Å²) in [5, 5.41) is 2.89. The molecule has 0 bridgehead atoms. The van der Waals surface area contributed by atoms with Gasteiger partial charge in [0.2, 0.25) is 5.91 Å². The van der Waals surface area contributed by atoms with Crippen LogP contribution in [0.5, 0.6) is 0 Å². The highest BCUT2D eigenvalue weighted by Gasteiger charge is 2.26. The fraction of sp³-hybridized carbons (Fsp3) is 0.917. The van der Waals surface area contributed by atoms with Crippen LogP contribution < -0.4 is 5.32 Å². The minimum Gasteiger partial charge on any atom is -0.356 e. The van der Waals surface area contributed by atoms with Gasteiger partial charge in [0.15, 0.2) is 6.29 Å². The maximum absolute atomic E-state index is 11.8. The minimum absolute atomic E-state index is 0.109. The SMILES string of the molecule is CCNC(=O)C1CCCN(CC(OC)OC)C1. The predicted octanol–water partition coefficient (Wildman–Crippen LogP) is 0.453. The summed E-state index contributed by atoms with van der Waals surface area (Å²) in [4.78, 5) is 14.0. The van der Waals surface area contributed by atoms with Crippen molar-refractivity contribution in [1.29, 1.82) is 0 Å². The molecule has 5 heteroatoms. The van der Waals surface area contributed by atoms with Gasteiger partial charge < -0.3 is 14.8 Å². The van der Waals surface area contributed by atoms with E-state index in [-0.39, 0.29) is 18.1 Å². The number of nitrogens with zero attached hydrogens (tertiary/aromatic N) is 1. The number of likely N-dealkylation sites (tertiary alicyclic amines) is 1. The zero-order valence-corrected chi connectivity index (χ0v) is 11.1. The maximum Gasteiger partial charge on any atom is 0.224 e. The van der Waals surface area contributed by atoms with Crippen molar-refractivity contribution in [1.82, 2.24) is 10.2 Å². The molecule has 1 heterocycles. The second-order valence-electron chi connectivity index (χ2n) is 4.39. The first kappa shape index (κ1) is 14.4. The van der Waals surface area contributed by atoms with Gasteiger partial charge in [0.05, 0.1) is 5.92 Å². The second kappa shape index (κ2) is 7.63. The number of carbonyl (C=O) groups is 1. The number of amides is 1. The van der Waals surface area contributed by atoms with E-state index in [9.17, 15) is 4.79 Å². The number of hydrogen-bond donors (Lipinski definition) is 1. The molecular weight excluding hydrogens is 220 g/mol. The van der Waals surface area contributed by atoms with E-state index in [2.05, 4.69) is 10.2 Å². The van der Waals surface area contributed by atoms with Crippen LogP contribution in [0.4, 0.5) is 0 Å². The van der Waals surface area contributed by atoms with E-state index >= 15 is 0 Å². The van der Waals surface area contributed by atoms with Gasteiger partial charge in [-0.05, 0) is 26.3 Å². The Hall–Kier alpha value is -0.650. The van der Waals surface area contributed by atoms with Gasteiger partial charge in [-0.1, -0.05) is 0 Å². The number of nitrogens with one attached hydrogen (secondary N) is 1. The fourth-order valence-electron chi connectivity index (χ4n) is 2.21. The molecule has 0 aromatic heterocycles. The average Bonchev–Trinajstić information content (AvgIpc) is 2.36. The first-order valence-electron chi connectivity index (χ1n) is 6.26. The summed E-state index contributed by atoms with van der Waals surface area (Å²) in [5.74, 6) is 0.279. The van der Waals surface area contributed by atoms with Gasteiger partial charge in [-0.15, -0.1) is 0 Å². The molecule has 1 atom stereocenters. The Kier molecular flexibility index (Phi) is 6.47. The first-order chi connectivity index (χ1) is 8.21. The summed E-state index contributed by atoms with van der Waals surface area (Å²) in [7, 11) is 3.28. The zero-order valence-electron chi connectivity index (χ0n) is 11.1. The van der Waals surface area contributed by atoms with E-state index in [1.807, 2.05) is 6.92 Å². The van der Waals surface area contributed by atoms with Crippen molar-refractivity contribution in [3.8, 4) is 0 Å². The van der Waals surface area contributed by atoms with E-state index in [1.54, 1.807) is 14.2 Å². The van der Waals surface area contributed by atoms with Crippen LogP contribution >= 0.6 is 0 Å². The number of ether oxygens (including phenoxy) is 2. The maximum atomic E-state index is 11.8. The van der Waals surface area contributed by atoms with Crippen molar-refractivity contribution in [3.05, 3.63) is 0 Å². The smallest absolute Gasteiger partial charge is 0.224 e. The van der Waals surface area contributed by atoms with E-state index in [4.69, 9.17) is 9.47 Å². The molecular formula is C12H24N2O3. The Morgan fingerprint density at radius 2 is 2.18 bits per heavy atom. The number of methoxy groups -OCH3 is 2. The van der Waals surface area contributed by atoms with Crippen molar-refractivity contribution < 1.29 is 14.3 Å². The van der Waals surface area contributed by atoms with Gasteiger partial charge in [-0.25, -0.2) is 0 Å². The molecule has 1 N–H and O–H groups in total. The van der Waals surface area contributed by atoms with E-state index < -0.39 is 0 Å². The van der Waals surface area contributed by atoms with Crippen LogP contribution in [0.15, 0.2) is 0 Å².